The zero-order chi connectivity index (χ0) is 16.8. The summed E-state index contributed by atoms with van der Waals surface area (Å²) >= 11 is 0. The van der Waals surface area contributed by atoms with Crippen molar-refractivity contribution in [3.8, 4) is 0 Å². The first-order valence-electron chi connectivity index (χ1n) is 7.31. The maximum absolute atomic E-state index is 12.1. The fraction of sp³-hybridized carbons (Fsp3) is 0.533. The molecule has 0 aliphatic heterocycles. The Hall–Kier alpha value is -1.44. The molecular weight excluding hydrogens is 302 g/mol. The lowest BCUT2D eigenvalue weighted by Crippen LogP contribution is -2.32. The van der Waals surface area contributed by atoms with E-state index in [0.717, 1.165) is 6.54 Å². The van der Waals surface area contributed by atoms with E-state index in [-0.39, 0.29) is 16.8 Å². The Morgan fingerprint density at radius 1 is 1.23 bits per heavy atom. The molecule has 2 N–H and O–H groups in total. The summed E-state index contributed by atoms with van der Waals surface area (Å²) in [5.74, 6) is -0.208. The van der Waals surface area contributed by atoms with Crippen LogP contribution < -0.4 is 10.0 Å². The van der Waals surface area contributed by atoms with E-state index in [2.05, 4.69) is 10.0 Å². The quantitative estimate of drug-likeness (QED) is 0.748. The summed E-state index contributed by atoms with van der Waals surface area (Å²) in [6.45, 7) is 5.01. The second-order valence-electron chi connectivity index (χ2n) is 5.51. The monoisotopic (exact) mass is 327 g/mol. The number of nitrogens with zero attached hydrogens (tertiary/aromatic N) is 1. The Bertz CT molecular complexity index is 583. The van der Waals surface area contributed by atoms with E-state index in [0.29, 0.717) is 18.5 Å². The van der Waals surface area contributed by atoms with Crippen LogP contribution in [-0.4, -0.2) is 52.5 Å². The SMILES string of the molecule is CCC(C)NS(=O)(=O)c1ccc(C(=O)NCCN(C)C)cc1. The van der Waals surface area contributed by atoms with Crippen LogP contribution >= 0.6 is 0 Å². The van der Waals surface area contributed by atoms with Crippen LogP contribution in [0.4, 0.5) is 0 Å². The molecule has 0 fully saturated rings. The minimum absolute atomic E-state index is 0.126. The highest BCUT2D eigenvalue weighted by Crippen LogP contribution is 2.11. The van der Waals surface area contributed by atoms with Crippen LogP contribution in [0.15, 0.2) is 29.2 Å². The van der Waals surface area contributed by atoms with Gasteiger partial charge in [0.05, 0.1) is 4.90 Å². The molecule has 0 aromatic heterocycles. The van der Waals surface area contributed by atoms with Gasteiger partial charge in [-0.05, 0) is 51.7 Å². The fourth-order valence-corrected chi connectivity index (χ4v) is 3.02. The van der Waals surface area contributed by atoms with Gasteiger partial charge >= 0.3 is 0 Å². The highest BCUT2D eigenvalue weighted by Gasteiger charge is 2.17. The van der Waals surface area contributed by atoms with Crippen molar-refractivity contribution < 1.29 is 13.2 Å². The highest BCUT2D eigenvalue weighted by molar-refractivity contribution is 7.89. The summed E-state index contributed by atoms with van der Waals surface area (Å²) in [5, 5.41) is 2.78. The zero-order valence-corrected chi connectivity index (χ0v) is 14.4. The van der Waals surface area contributed by atoms with E-state index >= 15 is 0 Å². The van der Waals surface area contributed by atoms with E-state index in [1.54, 1.807) is 0 Å². The van der Waals surface area contributed by atoms with Crippen LogP contribution in [-0.2, 0) is 10.0 Å². The van der Waals surface area contributed by atoms with Crippen molar-refractivity contribution in [2.75, 3.05) is 27.2 Å². The highest BCUT2D eigenvalue weighted by atomic mass is 32.2. The van der Waals surface area contributed by atoms with Crippen molar-refractivity contribution in [2.45, 2.75) is 31.2 Å². The number of hydrogen-bond acceptors (Lipinski definition) is 4. The molecule has 0 aliphatic carbocycles. The molecule has 1 atom stereocenters. The summed E-state index contributed by atoms with van der Waals surface area (Å²) in [6.07, 6.45) is 0.714. The van der Waals surface area contributed by atoms with E-state index in [9.17, 15) is 13.2 Å². The van der Waals surface area contributed by atoms with Crippen molar-refractivity contribution in [3.05, 3.63) is 29.8 Å². The van der Waals surface area contributed by atoms with Gasteiger partial charge in [0.1, 0.15) is 0 Å². The number of benzene rings is 1. The first kappa shape index (κ1) is 18.6. The molecule has 0 aliphatic rings. The van der Waals surface area contributed by atoms with Crippen LogP contribution in [0.2, 0.25) is 0 Å². The molecule has 0 bridgehead atoms. The molecule has 0 spiro atoms. The third kappa shape index (κ3) is 5.75. The average Bonchev–Trinajstić information content (AvgIpc) is 2.46. The Labute approximate surface area is 132 Å². The molecule has 1 amide bonds. The van der Waals surface area contributed by atoms with E-state index in [4.69, 9.17) is 0 Å². The molecule has 22 heavy (non-hydrogen) atoms. The first-order valence-corrected chi connectivity index (χ1v) is 8.80. The normalized spacial score (nSPS) is 13.1. The largest absolute Gasteiger partial charge is 0.351 e. The predicted octanol–water partition coefficient (Wildman–Crippen LogP) is 1.05. The number of nitrogens with one attached hydrogen (secondary N) is 2. The molecule has 0 saturated carbocycles. The van der Waals surface area contributed by atoms with E-state index < -0.39 is 10.0 Å². The van der Waals surface area contributed by atoms with Crippen molar-refractivity contribution in [1.82, 2.24) is 14.9 Å². The molecule has 1 unspecified atom stereocenters. The number of carbonyl (C=O) groups is 1. The molecule has 124 valence electrons. The van der Waals surface area contributed by atoms with E-state index in [1.807, 2.05) is 32.8 Å². The second kappa shape index (κ2) is 8.26. The van der Waals surface area contributed by atoms with Gasteiger partial charge in [-0.2, -0.15) is 0 Å². The Morgan fingerprint density at radius 3 is 2.32 bits per heavy atom. The lowest BCUT2D eigenvalue weighted by molar-refractivity contribution is 0.0951. The number of rotatable bonds is 8. The van der Waals surface area contributed by atoms with Crippen LogP contribution in [0, 0.1) is 0 Å². The standard InChI is InChI=1S/C15H25N3O3S/c1-5-12(2)17-22(20,21)14-8-6-13(7-9-14)15(19)16-10-11-18(3)4/h6-9,12,17H,5,10-11H2,1-4H3,(H,16,19). The maximum atomic E-state index is 12.1. The zero-order valence-electron chi connectivity index (χ0n) is 13.6. The molecule has 7 heteroatoms. The molecule has 1 aromatic rings. The minimum atomic E-state index is -3.53. The molecule has 0 saturated heterocycles. The predicted molar refractivity (Wildman–Crippen MR) is 87.4 cm³/mol. The maximum Gasteiger partial charge on any atom is 0.251 e. The second-order valence-corrected chi connectivity index (χ2v) is 7.23. The van der Waals surface area contributed by atoms with Gasteiger partial charge < -0.3 is 10.2 Å². The molecule has 0 heterocycles. The van der Waals surface area contributed by atoms with Gasteiger partial charge in [-0.3, -0.25) is 4.79 Å². The molecule has 1 rings (SSSR count). The van der Waals surface area contributed by atoms with E-state index in [1.165, 1.54) is 24.3 Å². The first-order chi connectivity index (χ1) is 10.3. The van der Waals surface area contributed by atoms with Crippen molar-refractivity contribution >= 4 is 15.9 Å². The lowest BCUT2D eigenvalue weighted by atomic mass is 10.2. The lowest BCUT2D eigenvalue weighted by Gasteiger charge is -2.13. The minimum Gasteiger partial charge on any atom is -0.351 e. The Morgan fingerprint density at radius 2 is 1.82 bits per heavy atom. The smallest absolute Gasteiger partial charge is 0.251 e. The van der Waals surface area contributed by atoms with Crippen LogP contribution in [0.25, 0.3) is 0 Å². The summed E-state index contributed by atoms with van der Waals surface area (Å²) in [4.78, 5) is 14.0. The summed E-state index contributed by atoms with van der Waals surface area (Å²) in [6, 6.07) is 5.82. The topological polar surface area (TPSA) is 78.5 Å². The molecule has 6 nitrogen and oxygen atoms in total. The Balaban J connectivity index is 2.72. The number of likely N-dealkylation sites (N-methyl/N-ethyl adjacent to an activating group) is 1. The average molecular weight is 327 g/mol. The number of sulfonamides is 1. The van der Waals surface area contributed by atoms with Crippen molar-refractivity contribution in [3.63, 3.8) is 0 Å². The van der Waals surface area contributed by atoms with Gasteiger partial charge in [0.2, 0.25) is 10.0 Å². The van der Waals surface area contributed by atoms with Gasteiger partial charge in [-0.1, -0.05) is 6.92 Å². The number of hydrogen-bond donors (Lipinski definition) is 2. The van der Waals surface area contributed by atoms with Crippen LogP contribution in [0.3, 0.4) is 0 Å². The third-order valence-corrected chi connectivity index (χ3v) is 4.85. The molecule has 1 aromatic carbocycles. The summed E-state index contributed by atoms with van der Waals surface area (Å²) in [5.41, 5.74) is 0.446. The van der Waals surface area contributed by atoms with Crippen molar-refractivity contribution in [2.24, 2.45) is 0 Å². The molecular formula is C15H25N3O3S. The molecule has 0 radical (unpaired) electrons. The van der Waals surface area contributed by atoms with Gasteiger partial charge in [0.15, 0.2) is 0 Å². The van der Waals surface area contributed by atoms with Gasteiger partial charge in [0, 0.05) is 24.7 Å². The van der Waals surface area contributed by atoms with Crippen molar-refractivity contribution in [1.29, 1.82) is 0 Å². The van der Waals surface area contributed by atoms with Crippen LogP contribution in [0.1, 0.15) is 30.6 Å². The summed E-state index contributed by atoms with van der Waals surface area (Å²) in [7, 11) is 0.323. The number of amides is 1. The van der Waals surface area contributed by atoms with Crippen LogP contribution in [0.5, 0.6) is 0 Å². The van der Waals surface area contributed by atoms with Gasteiger partial charge in [-0.15, -0.1) is 0 Å². The third-order valence-electron chi connectivity index (χ3n) is 3.24. The van der Waals surface area contributed by atoms with Gasteiger partial charge in [-0.25, -0.2) is 13.1 Å². The Kier molecular flexibility index (Phi) is 6.99. The number of carbonyl (C=O) groups excluding carboxylic acids is 1. The fourth-order valence-electron chi connectivity index (χ4n) is 1.70. The van der Waals surface area contributed by atoms with Gasteiger partial charge in [0.25, 0.3) is 5.91 Å². The summed E-state index contributed by atoms with van der Waals surface area (Å²) < 4.78 is 26.8.